The van der Waals surface area contributed by atoms with Crippen LogP contribution in [0.4, 0.5) is 0 Å². The zero-order valence-corrected chi connectivity index (χ0v) is 45.9. The highest BCUT2D eigenvalue weighted by Gasteiger charge is 2.19. The molecule has 0 rings (SSSR count). The molecule has 0 N–H and O–H groups in total. The van der Waals surface area contributed by atoms with Gasteiger partial charge in [0.15, 0.2) is 6.10 Å². The minimum atomic E-state index is -0.761. The SMILES string of the molecule is CCCCCCCCCCCCCCCCCCCCCC(=O)OC[C@@H](COC(=O)CCCCCCCCCCCCCCCCCCCCC(C)C)OC(=O)CCCCCCCCCCC. The maximum Gasteiger partial charge on any atom is 0.306 e. The van der Waals surface area contributed by atoms with E-state index in [0.717, 1.165) is 63.7 Å². The fraction of sp³-hybridized carbons (Fsp3) is 0.951. The number of carbonyl (C=O) groups is 3. The number of unbranched alkanes of at least 4 members (excludes halogenated alkanes) is 43. The Labute approximate surface area is 418 Å². The fourth-order valence-corrected chi connectivity index (χ4v) is 9.46. The van der Waals surface area contributed by atoms with E-state index in [2.05, 4.69) is 27.7 Å². The molecule has 6 heteroatoms. The molecule has 0 saturated heterocycles. The molecule has 0 saturated carbocycles. The quantitative estimate of drug-likeness (QED) is 0.0343. The summed E-state index contributed by atoms with van der Waals surface area (Å²) >= 11 is 0. The lowest BCUT2D eigenvalue weighted by molar-refractivity contribution is -0.167. The third-order valence-electron chi connectivity index (χ3n) is 14.0. The van der Waals surface area contributed by atoms with Crippen molar-refractivity contribution in [2.24, 2.45) is 5.92 Å². The molecule has 0 aromatic carbocycles. The van der Waals surface area contributed by atoms with E-state index >= 15 is 0 Å². The van der Waals surface area contributed by atoms with Gasteiger partial charge in [-0.1, -0.05) is 310 Å². The second-order valence-corrected chi connectivity index (χ2v) is 21.5. The van der Waals surface area contributed by atoms with Crippen LogP contribution in [0.25, 0.3) is 0 Å². The molecule has 6 nitrogen and oxygen atoms in total. The summed E-state index contributed by atoms with van der Waals surface area (Å²) in [5, 5.41) is 0. The van der Waals surface area contributed by atoms with Crippen molar-refractivity contribution >= 4 is 17.9 Å². The largest absolute Gasteiger partial charge is 0.462 e. The second-order valence-electron chi connectivity index (χ2n) is 21.5. The van der Waals surface area contributed by atoms with Crippen LogP contribution in [0.2, 0.25) is 0 Å². The molecule has 0 aliphatic heterocycles. The van der Waals surface area contributed by atoms with E-state index < -0.39 is 6.10 Å². The van der Waals surface area contributed by atoms with Gasteiger partial charge < -0.3 is 14.2 Å². The first kappa shape index (κ1) is 65.4. The van der Waals surface area contributed by atoms with E-state index in [9.17, 15) is 14.4 Å². The van der Waals surface area contributed by atoms with Crippen LogP contribution >= 0.6 is 0 Å². The van der Waals surface area contributed by atoms with E-state index in [0.29, 0.717) is 19.3 Å². The van der Waals surface area contributed by atoms with Crippen molar-refractivity contribution in [2.45, 2.75) is 355 Å². The smallest absolute Gasteiger partial charge is 0.306 e. The number of hydrogen-bond donors (Lipinski definition) is 0. The molecule has 398 valence electrons. The third kappa shape index (κ3) is 55.2. The lowest BCUT2D eigenvalue weighted by Gasteiger charge is -2.18. The summed E-state index contributed by atoms with van der Waals surface area (Å²) in [7, 11) is 0. The van der Waals surface area contributed by atoms with Gasteiger partial charge >= 0.3 is 17.9 Å². The topological polar surface area (TPSA) is 78.9 Å². The van der Waals surface area contributed by atoms with Crippen molar-refractivity contribution in [1.82, 2.24) is 0 Å². The minimum Gasteiger partial charge on any atom is -0.462 e. The summed E-state index contributed by atoms with van der Waals surface area (Å²) in [5.74, 6) is 0.0229. The predicted octanol–water partition coefficient (Wildman–Crippen LogP) is 20.2. The number of rotatable bonds is 56. The highest BCUT2D eigenvalue weighted by atomic mass is 16.6. The molecule has 0 heterocycles. The van der Waals surface area contributed by atoms with Crippen LogP contribution in [0.1, 0.15) is 349 Å². The van der Waals surface area contributed by atoms with Gasteiger partial charge in [0.05, 0.1) is 0 Å². The first-order chi connectivity index (χ1) is 32.9. The Balaban J connectivity index is 4.13. The first-order valence-electron chi connectivity index (χ1n) is 30.4. The standard InChI is InChI=1S/C61H118O6/c1-5-7-9-11-13-15-16-17-18-19-20-24-27-30-33-37-40-44-48-52-59(62)65-55-58(67-61(64)54-50-46-42-35-14-12-10-8-6-2)56-66-60(63)53-49-45-41-38-34-31-28-25-22-21-23-26-29-32-36-39-43-47-51-57(3)4/h57-58H,5-56H2,1-4H3/t58-/m0/s1. The molecule has 67 heavy (non-hydrogen) atoms. The average Bonchev–Trinajstić information content (AvgIpc) is 3.31. The van der Waals surface area contributed by atoms with Crippen molar-refractivity contribution in [2.75, 3.05) is 13.2 Å². The number of ether oxygens (including phenoxy) is 3. The number of hydrogen-bond acceptors (Lipinski definition) is 6. The molecular weight excluding hydrogens is 829 g/mol. The zero-order chi connectivity index (χ0) is 48.8. The maximum atomic E-state index is 12.8. The molecule has 0 aromatic rings. The monoisotopic (exact) mass is 947 g/mol. The van der Waals surface area contributed by atoms with Crippen molar-refractivity contribution in [3.8, 4) is 0 Å². The van der Waals surface area contributed by atoms with E-state index in [1.807, 2.05) is 0 Å². The predicted molar refractivity (Wildman–Crippen MR) is 289 cm³/mol. The Kier molecular flexibility index (Phi) is 54.0. The Bertz CT molecular complexity index is 1010. The van der Waals surface area contributed by atoms with Crippen LogP contribution in [-0.2, 0) is 28.6 Å². The second kappa shape index (κ2) is 55.3. The normalized spacial score (nSPS) is 12.0. The van der Waals surface area contributed by atoms with Gasteiger partial charge in [-0.3, -0.25) is 14.4 Å². The number of esters is 3. The van der Waals surface area contributed by atoms with Crippen LogP contribution in [-0.4, -0.2) is 37.2 Å². The van der Waals surface area contributed by atoms with Crippen molar-refractivity contribution in [1.29, 1.82) is 0 Å². The molecule has 0 spiro atoms. The average molecular weight is 948 g/mol. The summed E-state index contributed by atoms with van der Waals surface area (Å²) in [6, 6.07) is 0. The van der Waals surface area contributed by atoms with Gasteiger partial charge in [0, 0.05) is 19.3 Å². The molecular formula is C61H118O6. The molecule has 0 unspecified atom stereocenters. The minimum absolute atomic E-state index is 0.0619. The van der Waals surface area contributed by atoms with Crippen LogP contribution in [0.15, 0.2) is 0 Å². The van der Waals surface area contributed by atoms with Gasteiger partial charge in [0.1, 0.15) is 13.2 Å². The van der Waals surface area contributed by atoms with Crippen LogP contribution in [0.5, 0.6) is 0 Å². The van der Waals surface area contributed by atoms with Gasteiger partial charge in [0.2, 0.25) is 0 Å². The highest BCUT2D eigenvalue weighted by Crippen LogP contribution is 2.18. The van der Waals surface area contributed by atoms with Crippen LogP contribution in [0, 0.1) is 5.92 Å². The fourth-order valence-electron chi connectivity index (χ4n) is 9.46. The summed E-state index contributed by atoms with van der Waals surface area (Å²) in [4.78, 5) is 38.1. The Morgan fingerprint density at radius 1 is 0.284 bits per heavy atom. The van der Waals surface area contributed by atoms with Gasteiger partial charge in [0.25, 0.3) is 0 Å². The van der Waals surface area contributed by atoms with Gasteiger partial charge in [-0.2, -0.15) is 0 Å². The maximum absolute atomic E-state index is 12.8. The molecule has 0 aromatic heterocycles. The Morgan fingerprint density at radius 3 is 0.731 bits per heavy atom. The lowest BCUT2D eigenvalue weighted by atomic mass is 10.0. The zero-order valence-electron chi connectivity index (χ0n) is 45.9. The van der Waals surface area contributed by atoms with E-state index in [4.69, 9.17) is 14.2 Å². The highest BCUT2D eigenvalue weighted by molar-refractivity contribution is 5.71. The summed E-state index contributed by atoms with van der Waals surface area (Å²) in [6.45, 7) is 9.07. The summed E-state index contributed by atoms with van der Waals surface area (Å²) in [5.41, 5.74) is 0. The lowest BCUT2D eigenvalue weighted by Crippen LogP contribution is -2.30. The number of carbonyl (C=O) groups excluding carboxylic acids is 3. The van der Waals surface area contributed by atoms with E-state index in [1.54, 1.807) is 0 Å². The first-order valence-corrected chi connectivity index (χ1v) is 30.4. The molecule has 0 amide bonds. The van der Waals surface area contributed by atoms with Crippen molar-refractivity contribution in [3.05, 3.63) is 0 Å². The Morgan fingerprint density at radius 2 is 0.493 bits per heavy atom. The molecule has 1 atom stereocenters. The summed E-state index contributed by atoms with van der Waals surface area (Å²) < 4.78 is 16.9. The molecule has 0 radical (unpaired) electrons. The van der Waals surface area contributed by atoms with E-state index in [-0.39, 0.29) is 31.1 Å². The molecule has 0 bridgehead atoms. The molecule has 0 aliphatic carbocycles. The van der Waals surface area contributed by atoms with Gasteiger partial charge in [-0.25, -0.2) is 0 Å². The molecule has 0 aliphatic rings. The van der Waals surface area contributed by atoms with Gasteiger partial charge in [-0.05, 0) is 25.2 Å². The Hall–Kier alpha value is -1.59. The van der Waals surface area contributed by atoms with Gasteiger partial charge in [-0.15, -0.1) is 0 Å². The van der Waals surface area contributed by atoms with Crippen molar-refractivity contribution in [3.63, 3.8) is 0 Å². The van der Waals surface area contributed by atoms with E-state index in [1.165, 1.54) is 244 Å². The van der Waals surface area contributed by atoms with Crippen LogP contribution in [0.3, 0.4) is 0 Å². The van der Waals surface area contributed by atoms with Crippen molar-refractivity contribution < 1.29 is 28.6 Å². The summed E-state index contributed by atoms with van der Waals surface area (Å²) in [6.07, 6.45) is 61.1. The van der Waals surface area contributed by atoms with Crippen LogP contribution < -0.4 is 0 Å². The third-order valence-corrected chi connectivity index (χ3v) is 14.0. The molecule has 0 fully saturated rings.